The van der Waals surface area contributed by atoms with Gasteiger partial charge in [0.1, 0.15) is 4.32 Å². The maximum atomic E-state index is 12.8. The number of esters is 1. The Morgan fingerprint density at radius 1 is 1.06 bits per heavy atom. The molecule has 1 N–H and O–H groups in total. The van der Waals surface area contributed by atoms with Crippen molar-refractivity contribution < 1.29 is 19.1 Å². The van der Waals surface area contributed by atoms with Crippen molar-refractivity contribution in [3.05, 3.63) is 69.6 Å². The molecule has 0 spiro atoms. The molecule has 1 aliphatic rings. The number of anilines is 1. The van der Waals surface area contributed by atoms with Crippen LogP contribution in [0.3, 0.4) is 0 Å². The fourth-order valence-electron chi connectivity index (χ4n) is 3.45. The Balaban J connectivity index is 1.43. The summed E-state index contributed by atoms with van der Waals surface area (Å²) in [7, 11) is 1.34. The standard InChI is InChI=1S/C26H28N2O4S2/c1-17-8-13-21(15-18(17)2)27-23(29)7-5-4-6-14-28-24(30)22(34-26(28)33)16-19-9-11-20(12-10-19)25(31)32-3/h8-13,15-16H,4-7,14H2,1-3H3,(H,27,29)/b22-16-. The van der Waals surface area contributed by atoms with E-state index < -0.39 is 5.97 Å². The molecule has 6 nitrogen and oxygen atoms in total. The zero-order valence-electron chi connectivity index (χ0n) is 19.6. The molecular formula is C26H28N2O4S2. The minimum Gasteiger partial charge on any atom is -0.465 e. The van der Waals surface area contributed by atoms with E-state index in [2.05, 4.69) is 5.32 Å². The van der Waals surface area contributed by atoms with Gasteiger partial charge >= 0.3 is 5.97 Å². The van der Waals surface area contributed by atoms with Crippen LogP contribution in [0.2, 0.25) is 0 Å². The largest absolute Gasteiger partial charge is 0.465 e. The molecule has 1 fully saturated rings. The summed E-state index contributed by atoms with van der Waals surface area (Å²) in [6, 6.07) is 12.7. The van der Waals surface area contributed by atoms with Gasteiger partial charge in [0.05, 0.1) is 17.6 Å². The van der Waals surface area contributed by atoms with Crippen molar-refractivity contribution in [2.24, 2.45) is 0 Å². The lowest BCUT2D eigenvalue weighted by Crippen LogP contribution is -2.29. The summed E-state index contributed by atoms with van der Waals surface area (Å²) in [6.07, 6.45) is 4.55. The van der Waals surface area contributed by atoms with E-state index in [1.807, 2.05) is 32.0 Å². The molecule has 1 heterocycles. The van der Waals surface area contributed by atoms with Crippen LogP contribution in [0.15, 0.2) is 47.4 Å². The van der Waals surface area contributed by atoms with Crippen molar-refractivity contribution in [3.63, 3.8) is 0 Å². The minimum absolute atomic E-state index is 0.00462. The highest BCUT2D eigenvalue weighted by Crippen LogP contribution is 2.32. The van der Waals surface area contributed by atoms with Gasteiger partial charge in [-0.05, 0) is 73.7 Å². The summed E-state index contributed by atoms with van der Waals surface area (Å²) >= 11 is 6.67. The molecule has 0 unspecified atom stereocenters. The second-order valence-corrected chi connectivity index (χ2v) is 9.78. The Labute approximate surface area is 209 Å². The molecule has 1 saturated heterocycles. The lowest BCUT2D eigenvalue weighted by molar-refractivity contribution is -0.122. The van der Waals surface area contributed by atoms with Gasteiger partial charge in [-0.2, -0.15) is 0 Å². The summed E-state index contributed by atoms with van der Waals surface area (Å²) in [4.78, 5) is 38.7. The van der Waals surface area contributed by atoms with Crippen LogP contribution in [0.1, 0.15) is 52.7 Å². The number of rotatable bonds is 9. The minimum atomic E-state index is -0.402. The van der Waals surface area contributed by atoms with Gasteiger partial charge in [-0.15, -0.1) is 0 Å². The Morgan fingerprint density at radius 2 is 1.79 bits per heavy atom. The fraction of sp³-hybridized carbons (Fsp3) is 0.308. The molecule has 0 radical (unpaired) electrons. The number of nitrogens with zero attached hydrogens (tertiary/aromatic N) is 1. The zero-order chi connectivity index (χ0) is 24.7. The Morgan fingerprint density at radius 3 is 2.47 bits per heavy atom. The van der Waals surface area contributed by atoms with E-state index in [9.17, 15) is 14.4 Å². The van der Waals surface area contributed by atoms with Crippen molar-refractivity contribution in [2.75, 3.05) is 19.0 Å². The van der Waals surface area contributed by atoms with E-state index in [0.29, 0.717) is 27.8 Å². The van der Waals surface area contributed by atoms with Crippen molar-refractivity contribution >= 4 is 57.8 Å². The predicted octanol–water partition coefficient (Wildman–Crippen LogP) is 5.49. The predicted molar refractivity (Wildman–Crippen MR) is 141 cm³/mol. The van der Waals surface area contributed by atoms with Crippen LogP contribution in [0.5, 0.6) is 0 Å². The Bertz CT molecular complexity index is 1130. The number of nitrogens with one attached hydrogen (secondary N) is 1. The van der Waals surface area contributed by atoms with Crippen LogP contribution in [0, 0.1) is 13.8 Å². The average molecular weight is 497 g/mol. The Hall–Kier alpha value is -2.97. The highest BCUT2D eigenvalue weighted by atomic mass is 32.2. The van der Waals surface area contributed by atoms with Gasteiger partial charge in [0.25, 0.3) is 5.91 Å². The number of thiocarbonyl (C=S) groups is 1. The van der Waals surface area contributed by atoms with Crippen molar-refractivity contribution in [1.29, 1.82) is 0 Å². The second kappa shape index (κ2) is 11.9. The maximum Gasteiger partial charge on any atom is 0.337 e. The number of hydrogen-bond donors (Lipinski definition) is 1. The third kappa shape index (κ3) is 6.77. The fourth-order valence-corrected chi connectivity index (χ4v) is 4.76. The van der Waals surface area contributed by atoms with Crippen LogP contribution in [0.4, 0.5) is 5.69 Å². The molecule has 3 rings (SSSR count). The van der Waals surface area contributed by atoms with Crippen LogP contribution in [-0.4, -0.2) is 40.7 Å². The summed E-state index contributed by atoms with van der Waals surface area (Å²) in [6.45, 7) is 4.59. The van der Waals surface area contributed by atoms with E-state index in [-0.39, 0.29) is 11.8 Å². The van der Waals surface area contributed by atoms with E-state index >= 15 is 0 Å². The molecule has 2 aromatic rings. The molecule has 0 aromatic heterocycles. The number of ether oxygens (including phenoxy) is 1. The van der Waals surface area contributed by atoms with E-state index in [1.54, 1.807) is 35.2 Å². The summed E-state index contributed by atoms with van der Waals surface area (Å²) in [5.41, 5.74) is 4.42. The van der Waals surface area contributed by atoms with Crippen LogP contribution >= 0.6 is 24.0 Å². The molecule has 2 aromatic carbocycles. The number of carbonyl (C=O) groups excluding carboxylic acids is 3. The van der Waals surface area contributed by atoms with E-state index in [4.69, 9.17) is 17.0 Å². The molecule has 0 bridgehead atoms. The first kappa shape index (κ1) is 25.6. The highest BCUT2D eigenvalue weighted by Gasteiger charge is 2.31. The zero-order valence-corrected chi connectivity index (χ0v) is 21.2. The third-order valence-corrected chi connectivity index (χ3v) is 6.96. The van der Waals surface area contributed by atoms with Crippen LogP contribution in [-0.2, 0) is 14.3 Å². The Kier molecular flexibility index (Phi) is 9.01. The summed E-state index contributed by atoms with van der Waals surface area (Å²) in [5.74, 6) is -0.518. The van der Waals surface area contributed by atoms with E-state index in [0.717, 1.165) is 36.1 Å². The molecule has 0 atom stereocenters. The SMILES string of the molecule is COC(=O)c1ccc(/C=C2\SC(=S)N(CCCCCC(=O)Nc3ccc(C)c(C)c3)C2=O)cc1. The number of hydrogen-bond acceptors (Lipinski definition) is 6. The normalized spacial score (nSPS) is 14.6. The topological polar surface area (TPSA) is 75.7 Å². The molecule has 1 aliphatic heterocycles. The van der Waals surface area contributed by atoms with Gasteiger partial charge in [0, 0.05) is 18.7 Å². The van der Waals surface area contributed by atoms with Crippen LogP contribution in [0.25, 0.3) is 6.08 Å². The number of carbonyl (C=O) groups is 3. The first-order chi connectivity index (χ1) is 16.3. The number of thioether (sulfide) groups is 1. The molecule has 0 saturated carbocycles. The van der Waals surface area contributed by atoms with Crippen molar-refractivity contribution in [3.8, 4) is 0 Å². The van der Waals surface area contributed by atoms with Gasteiger partial charge < -0.3 is 10.1 Å². The molecule has 178 valence electrons. The lowest BCUT2D eigenvalue weighted by atomic mass is 10.1. The van der Waals surface area contributed by atoms with Gasteiger partial charge in [-0.25, -0.2) is 4.79 Å². The molecule has 0 aliphatic carbocycles. The number of unbranched alkanes of at least 4 members (excludes halogenated alkanes) is 2. The molecule has 2 amide bonds. The number of benzene rings is 2. The monoisotopic (exact) mass is 496 g/mol. The maximum absolute atomic E-state index is 12.8. The summed E-state index contributed by atoms with van der Waals surface area (Å²) < 4.78 is 5.24. The average Bonchev–Trinajstić information content (AvgIpc) is 3.08. The third-order valence-electron chi connectivity index (χ3n) is 5.58. The van der Waals surface area contributed by atoms with Gasteiger partial charge in [-0.3, -0.25) is 14.5 Å². The number of amides is 2. The molecule has 34 heavy (non-hydrogen) atoms. The van der Waals surface area contributed by atoms with E-state index in [1.165, 1.54) is 24.4 Å². The molecule has 8 heteroatoms. The number of aryl methyl sites for hydroxylation is 2. The highest BCUT2D eigenvalue weighted by molar-refractivity contribution is 8.26. The first-order valence-electron chi connectivity index (χ1n) is 11.1. The van der Waals surface area contributed by atoms with Crippen molar-refractivity contribution in [2.45, 2.75) is 39.5 Å². The van der Waals surface area contributed by atoms with Crippen LogP contribution < -0.4 is 5.32 Å². The van der Waals surface area contributed by atoms with Gasteiger partial charge in [0.2, 0.25) is 5.91 Å². The lowest BCUT2D eigenvalue weighted by Gasteiger charge is -2.14. The summed E-state index contributed by atoms with van der Waals surface area (Å²) in [5, 5.41) is 2.94. The number of methoxy groups -OCH3 is 1. The van der Waals surface area contributed by atoms with Crippen molar-refractivity contribution in [1.82, 2.24) is 4.90 Å². The van der Waals surface area contributed by atoms with Gasteiger partial charge in [0.15, 0.2) is 0 Å². The second-order valence-electron chi connectivity index (χ2n) is 8.10. The molecular weight excluding hydrogens is 468 g/mol. The smallest absolute Gasteiger partial charge is 0.337 e. The first-order valence-corrected chi connectivity index (χ1v) is 12.3. The van der Waals surface area contributed by atoms with Gasteiger partial charge in [-0.1, -0.05) is 48.6 Å². The quantitative estimate of drug-likeness (QED) is 0.214.